The maximum absolute atomic E-state index is 12.8. The summed E-state index contributed by atoms with van der Waals surface area (Å²) in [5.74, 6) is -0.800. The highest BCUT2D eigenvalue weighted by molar-refractivity contribution is 5.95. The molecule has 0 unspecified atom stereocenters. The molecular weight excluding hydrogens is 266 g/mol. The Morgan fingerprint density at radius 3 is 2.58 bits per heavy atom. The fourth-order valence-electron chi connectivity index (χ4n) is 1.96. The molecule has 0 aromatic carbocycles. The third kappa shape index (κ3) is 2.87. The number of alkyl halides is 4. The zero-order chi connectivity index (χ0) is 14.2. The first kappa shape index (κ1) is 13.8. The molecule has 1 aromatic rings. The van der Waals surface area contributed by atoms with E-state index in [2.05, 4.69) is 5.10 Å². The Kier molecular flexibility index (Phi) is 3.77. The van der Waals surface area contributed by atoms with Crippen LogP contribution in [0.1, 0.15) is 35.3 Å². The monoisotopic (exact) mass is 279 g/mol. The number of carbonyl (C=O) groups excluding carboxylic acids is 1. The van der Waals surface area contributed by atoms with E-state index in [1.54, 1.807) is 0 Å². The summed E-state index contributed by atoms with van der Waals surface area (Å²) < 4.78 is 51.5. The van der Waals surface area contributed by atoms with Crippen LogP contribution in [0.3, 0.4) is 0 Å². The third-order valence-electron chi connectivity index (χ3n) is 3.00. The molecule has 1 heterocycles. The molecule has 0 atom stereocenters. The number of nitrogens with zero attached hydrogens (tertiary/aromatic N) is 3. The van der Waals surface area contributed by atoms with E-state index in [0.29, 0.717) is 12.8 Å². The van der Waals surface area contributed by atoms with Crippen molar-refractivity contribution in [2.75, 3.05) is 6.54 Å². The summed E-state index contributed by atoms with van der Waals surface area (Å²) in [5, 5.41) is 3.60. The van der Waals surface area contributed by atoms with Crippen molar-refractivity contribution in [2.24, 2.45) is 7.05 Å². The number of carbonyl (C=O) groups is 1. The van der Waals surface area contributed by atoms with Crippen molar-refractivity contribution in [3.63, 3.8) is 0 Å². The summed E-state index contributed by atoms with van der Waals surface area (Å²) in [4.78, 5) is 13.1. The minimum absolute atomic E-state index is 0.271. The average molecular weight is 279 g/mol. The zero-order valence-corrected chi connectivity index (χ0v) is 10.2. The van der Waals surface area contributed by atoms with E-state index in [4.69, 9.17) is 0 Å². The SMILES string of the molecule is Cn1ncc(C(=O)N(CC(F)F)C2CC2)c1C(F)F. The van der Waals surface area contributed by atoms with Gasteiger partial charge in [0.1, 0.15) is 5.69 Å². The summed E-state index contributed by atoms with van der Waals surface area (Å²) in [5.41, 5.74) is -0.838. The van der Waals surface area contributed by atoms with Crippen LogP contribution in [0.5, 0.6) is 0 Å². The van der Waals surface area contributed by atoms with Crippen LogP contribution in [0, 0.1) is 0 Å². The van der Waals surface area contributed by atoms with Crippen molar-refractivity contribution < 1.29 is 22.4 Å². The van der Waals surface area contributed by atoms with Gasteiger partial charge in [0, 0.05) is 13.1 Å². The summed E-state index contributed by atoms with van der Waals surface area (Å²) >= 11 is 0. The second-order valence-electron chi connectivity index (χ2n) is 4.45. The van der Waals surface area contributed by atoms with Crippen LogP contribution >= 0.6 is 0 Å². The Bertz CT molecular complexity index is 471. The molecule has 0 N–H and O–H groups in total. The molecule has 1 aromatic heterocycles. The van der Waals surface area contributed by atoms with Gasteiger partial charge in [0.25, 0.3) is 18.8 Å². The van der Waals surface area contributed by atoms with Gasteiger partial charge in [-0.05, 0) is 12.8 Å². The number of rotatable bonds is 5. The smallest absolute Gasteiger partial charge is 0.280 e. The molecular formula is C11H13F4N3O. The van der Waals surface area contributed by atoms with E-state index in [1.807, 2.05) is 0 Å². The number of amides is 1. The zero-order valence-electron chi connectivity index (χ0n) is 10.2. The van der Waals surface area contributed by atoms with Crippen molar-refractivity contribution in [3.05, 3.63) is 17.5 Å². The first-order chi connectivity index (χ1) is 8.91. The Morgan fingerprint density at radius 2 is 2.11 bits per heavy atom. The van der Waals surface area contributed by atoms with Gasteiger partial charge >= 0.3 is 0 Å². The van der Waals surface area contributed by atoms with Crippen molar-refractivity contribution in [2.45, 2.75) is 31.7 Å². The highest BCUT2D eigenvalue weighted by Gasteiger charge is 2.37. The number of halogens is 4. The quantitative estimate of drug-likeness (QED) is 0.775. The van der Waals surface area contributed by atoms with E-state index in [9.17, 15) is 22.4 Å². The van der Waals surface area contributed by atoms with Crippen molar-refractivity contribution in [1.29, 1.82) is 0 Å². The van der Waals surface area contributed by atoms with Crippen molar-refractivity contribution in [1.82, 2.24) is 14.7 Å². The standard InChI is InChI=1S/C11H13F4N3O/c1-17-9(10(14)15)7(4-16-17)11(19)18(5-8(12)13)6-2-3-6/h4,6,8,10H,2-3,5H2,1H3. The predicted octanol–water partition coefficient (Wildman–Crippen LogP) is 2.23. The highest BCUT2D eigenvalue weighted by Crippen LogP contribution is 2.31. The second kappa shape index (κ2) is 5.18. The molecule has 0 aliphatic heterocycles. The number of hydrogen-bond acceptors (Lipinski definition) is 2. The third-order valence-corrected chi connectivity index (χ3v) is 3.00. The first-order valence-electron chi connectivity index (χ1n) is 5.81. The summed E-state index contributed by atoms with van der Waals surface area (Å²) in [6, 6.07) is -0.271. The van der Waals surface area contributed by atoms with Gasteiger partial charge in [-0.15, -0.1) is 0 Å². The van der Waals surface area contributed by atoms with Gasteiger partial charge in [-0.3, -0.25) is 9.48 Å². The van der Waals surface area contributed by atoms with Crippen LogP contribution in [0.4, 0.5) is 17.6 Å². The largest absolute Gasteiger partial charge is 0.330 e. The molecule has 2 rings (SSSR count). The molecule has 19 heavy (non-hydrogen) atoms. The van der Waals surface area contributed by atoms with E-state index in [0.717, 1.165) is 15.8 Å². The minimum atomic E-state index is -2.88. The normalized spacial score (nSPS) is 15.3. The Labute approximate surface area is 107 Å². The minimum Gasteiger partial charge on any atom is -0.330 e. The first-order valence-corrected chi connectivity index (χ1v) is 5.81. The van der Waals surface area contributed by atoms with E-state index in [1.165, 1.54) is 7.05 Å². The van der Waals surface area contributed by atoms with Gasteiger partial charge in [0.2, 0.25) is 0 Å². The van der Waals surface area contributed by atoms with E-state index < -0.39 is 31.0 Å². The topological polar surface area (TPSA) is 38.1 Å². The second-order valence-corrected chi connectivity index (χ2v) is 4.45. The maximum atomic E-state index is 12.8. The van der Waals surface area contributed by atoms with Gasteiger partial charge in [-0.25, -0.2) is 17.6 Å². The van der Waals surface area contributed by atoms with Crippen LogP contribution in [0.25, 0.3) is 0 Å². The number of aromatic nitrogens is 2. The molecule has 8 heteroatoms. The van der Waals surface area contributed by atoms with Gasteiger partial charge in [-0.1, -0.05) is 0 Å². The lowest BCUT2D eigenvalue weighted by atomic mass is 10.2. The van der Waals surface area contributed by atoms with Gasteiger partial charge in [-0.2, -0.15) is 5.10 Å². The molecule has 1 saturated carbocycles. The lowest BCUT2D eigenvalue weighted by molar-refractivity contribution is 0.0525. The van der Waals surface area contributed by atoms with Crippen LogP contribution in [0.2, 0.25) is 0 Å². The summed E-state index contributed by atoms with van der Waals surface area (Å²) in [7, 11) is 1.28. The van der Waals surface area contributed by atoms with Crippen LogP contribution in [-0.4, -0.2) is 39.6 Å². The van der Waals surface area contributed by atoms with Crippen LogP contribution in [0.15, 0.2) is 6.20 Å². The van der Waals surface area contributed by atoms with Gasteiger partial charge < -0.3 is 4.90 Å². The molecule has 4 nitrogen and oxygen atoms in total. The van der Waals surface area contributed by atoms with Gasteiger partial charge in [0.15, 0.2) is 0 Å². The molecule has 0 saturated heterocycles. The van der Waals surface area contributed by atoms with E-state index >= 15 is 0 Å². The predicted molar refractivity (Wildman–Crippen MR) is 58.2 cm³/mol. The van der Waals surface area contributed by atoms with Crippen molar-refractivity contribution >= 4 is 5.91 Å². The molecule has 1 fully saturated rings. The fourth-order valence-corrected chi connectivity index (χ4v) is 1.96. The highest BCUT2D eigenvalue weighted by atomic mass is 19.3. The molecule has 0 spiro atoms. The summed E-state index contributed by atoms with van der Waals surface area (Å²) in [6.45, 7) is -0.735. The van der Waals surface area contributed by atoms with Crippen LogP contribution < -0.4 is 0 Å². The summed E-state index contributed by atoms with van der Waals surface area (Å²) in [6.07, 6.45) is -3.30. The van der Waals surface area contributed by atoms with E-state index in [-0.39, 0.29) is 11.6 Å². The Balaban J connectivity index is 2.26. The lowest BCUT2D eigenvalue weighted by Gasteiger charge is -2.21. The number of hydrogen-bond donors (Lipinski definition) is 0. The fraction of sp³-hybridized carbons (Fsp3) is 0.636. The molecule has 1 amide bonds. The molecule has 1 aliphatic rings. The average Bonchev–Trinajstić information content (AvgIpc) is 3.07. The van der Waals surface area contributed by atoms with Crippen LogP contribution in [-0.2, 0) is 7.05 Å². The molecule has 0 radical (unpaired) electrons. The molecule has 1 aliphatic carbocycles. The Morgan fingerprint density at radius 1 is 1.47 bits per heavy atom. The Hall–Kier alpha value is -1.60. The number of aryl methyl sites for hydroxylation is 1. The van der Waals surface area contributed by atoms with Gasteiger partial charge in [0.05, 0.1) is 18.3 Å². The molecule has 0 bridgehead atoms. The maximum Gasteiger partial charge on any atom is 0.280 e. The molecule has 106 valence electrons. The lowest BCUT2D eigenvalue weighted by Crippen LogP contribution is -2.37. The van der Waals surface area contributed by atoms with Crippen molar-refractivity contribution in [3.8, 4) is 0 Å².